The average molecular weight is 352 g/mol. The molecule has 2 aromatic rings. The van der Waals surface area contributed by atoms with Gasteiger partial charge < -0.3 is 14.7 Å². The van der Waals surface area contributed by atoms with Gasteiger partial charge >= 0.3 is 0 Å². The lowest BCUT2D eigenvalue weighted by molar-refractivity contribution is -0.138. The second-order valence-electron chi connectivity index (χ2n) is 6.38. The smallest absolute Gasteiger partial charge is 0.243 e. The average Bonchev–Trinajstić information content (AvgIpc) is 3.29. The normalized spacial score (nSPS) is 16.3. The van der Waals surface area contributed by atoms with Crippen LogP contribution in [0.2, 0.25) is 0 Å². The minimum absolute atomic E-state index is 0.111. The molecule has 1 N–H and O–H groups in total. The highest BCUT2D eigenvalue weighted by Gasteiger charge is 2.34. The summed E-state index contributed by atoms with van der Waals surface area (Å²) < 4.78 is 5.09. The van der Waals surface area contributed by atoms with Crippen molar-refractivity contribution in [3.8, 4) is 6.07 Å². The Balaban J connectivity index is 1.57. The number of benzene rings is 1. The molecular formula is C19H20N4O3. The van der Waals surface area contributed by atoms with Gasteiger partial charge in [-0.05, 0) is 37.5 Å². The van der Waals surface area contributed by atoms with Gasteiger partial charge in [0.1, 0.15) is 11.8 Å². The van der Waals surface area contributed by atoms with E-state index in [9.17, 15) is 9.59 Å². The highest BCUT2D eigenvalue weighted by Crippen LogP contribution is 2.19. The molecule has 26 heavy (non-hydrogen) atoms. The number of hydrogen-bond donors (Lipinski definition) is 1. The molecule has 0 bridgehead atoms. The van der Waals surface area contributed by atoms with Crippen molar-refractivity contribution in [2.45, 2.75) is 38.8 Å². The summed E-state index contributed by atoms with van der Waals surface area (Å²) >= 11 is 0. The summed E-state index contributed by atoms with van der Waals surface area (Å²) in [6, 6.07) is 10.4. The Labute approximate surface area is 151 Å². The number of carbonyl (C=O) groups is 2. The fraction of sp³-hybridized carbons (Fsp3) is 0.368. The largest absolute Gasteiger partial charge is 0.361 e. The van der Waals surface area contributed by atoms with Crippen LogP contribution in [-0.4, -0.2) is 34.5 Å². The van der Waals surface area contributed by atoms with Crippen molar-refractivity contribution >= 4 is 11.8 Å². The van der Waals surface area contributed by atoms with E-state index < -0.39 is 6.04 Å². The molecule has 0 unspecified atom stereocenters. The first-order chi connectivity index (χ1) is 12.6. The van der Waals surface area contributed by atoms with Gasteiger partial charge in [-0.3, -0.25) is 9.59 Å². The molecule has 7 heteroatoms. The molecule has 0 aliphatic carbocycles. The Morgan fingerprint density at radius 1 is 1.38 bits per heavy atom. The monoisotopic (exact) mass is 352 g/mol. The zero-order chi connectivity index (χ0) is 18.5. The highest BCUT2D eigenvalue weighted by atomic mass is 16.5. The van der Waals surface area contributed by atoms with Gasteiger partial charge in [0.2, 0.25) is 11.8 Å². The second-order valence-corrected chi connectivity index (χ2v) is 6.38. The van der Waals surface area contributed by atoms with Gasteiger partial charge in [0.25, 0.3) is 0 Å². The van der Waals surface area contributed by atoms with Crippen LogP contribution in [0.1, 0.15) is 35.4 Å². The van der Waals surface area contributed by atoms with Gasteiger partial charge in [-0.15, -0.1) is 0 Å². The lowest BCUT2D eigenvalue weighted by Crippen LogP contribution is -2.46. The van der Waals surface area contributed by atoms with Crippen LogP contribution < -0.4 is 5.32 Å². The van der Waals surface area contributed by atoms with E-state index in [1.54, 1.807) is 30.0 Å². The van der Waals surface area contributed by atoms with E-state index in [0.717, 1.165) is 17.7 Å². The lowest BCUT2D eigenvalue weighted by atomic mass is 10.1. The Hall–Kier alpha value is -3.14. The number of amides is 2. The molecular weight excluding hydrogens is 332 g/mol. The molecule has 0 spiro atoms. The fourth-order valence-electron chi connectivity index (χ4n) is 3.09. The number of carbonyl (C=O) groups excluding carboxylic acids is 2. The molecule has 1 fully saturated rings. The van der Waals surface area contributed by atoms with E-state index in [0.29, 0.717) is 30.8 Å². The van der Waals surface area contributed by atoms with Crippen LogP contribution in [0.4, 0.5) is 0 Å². The first-order valence-corrected chi connectivity index (χ1v) is 8.55. The number of nitrogens with one attached hydrogen (secondary N) is 1. The predicted molar refractivity (Wildman–Crippen MR) is 92.7 cm³/mol. The quantitative estimate of drug-likeness (QED) is 0.883. The van der Waals surface area contributed by atoms with Gasteiger partial charge in [-0.25, -0.2) is 0 Å². The van der Waals surface area contributed by atoms with Crippen molar-refractivity contribution < 1.29 is 14.1 Å². The Morgan fingerprint density at radius 3 is 2.81 bits per heavy atom. The van der Waals surface area contributed by atoms with Gasteiger partial charge in [0, 0.05) is 19.2 Å². The predicted octanol–water partition coefficient (Wildman–Crippen LogP) is 1.70. The second kappa shape index (κ2) is 7.83. The van der Waals surface area contributed by atoms with Crippen LogP contribution >= 0.6 is 0 Å². The maximum absolute atomic E-state index is 12.5. The molecule has 2 heterocycles. The molecule has 1 atom stereocenters. The molecule has 2 amide bonds. The maximum atomic E-state index is 12.5. The highest BCUT2D eigenvalue weighted by molar-refractivity contribution is 5.88. The molecule has 0 radical (unpaired) electrons. The Bertz CT molecular complexity index is 835. The number of aromatic nitrogens is 1. The number of nitrogens with zero attached hydrogens (tertiary/aromatic N) is 3. The summed E-state index contributed by atoms with van der Waals surface area (Å²) in [5, 5.41) is 15.5. The standard InChI is InChI=1S/C19H20N4O3/c1-13-9-16(26-22-13)10-18(24)23-8-2-3-17(23)19(25)21-12-15-6-4-14(11-20)5-7-15/h4-7,9,17H,2-3,8,10,12H2,1H3,(H,21,25)/t17-/m0/s1. The summed E-state index contributed by atoms with van der Waals surface area (Å²) in [6.45, 7) is 2.73. The van der Waals surface area contributed by atoms with Crippen LogP contribution in [0.25, 0.3) is 0 Å². The third-order valence-electron chi connectivity index (χ3n) is 4.43. The van der Waals surface area contributed by atoms with E-state index >= 15 is 0 Å². The number of rotatable bonds is 5. The lowest BCUT2D eigenvalue weighted by Gasteiger charge is -2.23. The summed E-state index contributed by atoms with van der Waals surface area (Å²) in [5.74, 6) is 0.224. The minimum atomic E-state index is -0.454. The van der Waals surface area contributed by atoms with E-state index in [2.05, 4.69) is 16.5 Å². The van der Waals surface area contributed by atoms with Crippen molar-refractivity contribution in [1.82, 2.24) is 15.4 Å². The summed E-state index contributed by atoms with van der Waals surface area (Å²) in [5.41, 5.74) is 2.21. The summed E-state index contributed by atoms with van der Waals surface area (Å²) in [4.78, 5) is 26.6. The van der Waals surface area contributed by atoms with Gasteiger partial charge in [0.15, 0.2) is 0 Å². The van der Waals surface area contributed by atoms with Crippen LogP contribution in [0, 0.1) is 18.3 Å². The molecule has 7 nitrogen and oxygen atoms in total. The van der Waals surface area contributed by atoms with Crippen molar-refractivity contribution in [1.29, 1.82) is 5.26 Å². The molecule has 3 rings (SSSR count). The number of likely N-dealkylation sites (tertiary alicyclic amines) is 1. The topological polar surface area (TPSA) is 99.2 Å². The van der Waals surface area contributed by atoms with Gasteiger partial charge in [-0.2, -0.15) is 5.26 Å². The maximum Gasteiger partial charge on any atom is 0.243 e. The molecule has 1 saturated heterocycles. The number of nitriles is 1. The first kappa shape index (κ1) is 17.7. The summed E-state index contributed by atoms with van der Waals surface area (Å²) in [6.07, 6.45) is 1.57. The van der Waals surface area contributed by atoms with Crippen LogP contribution in [0.3, 0.4) is 0 Å². The number of aryl methyl sites for hydroxylation is 1. The minimum Gasteiger partial charge on any atom is -0.361 e. The zero-order valence-corrected chi connectivity index (χ0v) is 14.6. The van der Waals surface area contributed by atoms with Crippen LogP contribution in [0.15, 0.2) is 34.9 Å². The van der Waals surface area contributed by atoms with E-state index in [4.69, 9.17) is 9.78 Å². The molecule has 1 aliphatic rings. The van der Waals surface area contributed by atoms with Crippen molar-refractivity contribution in [2.75, 3.05) is 6.54 Å². The molecule has 0 saturated carbocycles. The summed E-state index contributed by atoms with van der Waals surface area (Å²) in [7, 11) is 0. The van der Waals surface area contributed by atoms with E-state index in [-0.39, 0.29) is 18.2 Å². The first-order valence-electron chi connectivity index (χ1n) is 8.55. The third kappa shape index (κ3) is 4.09. The Morgan fingerprint density at radius 2 is 2.15 bits per heavy atom. The number of hydrogen-bond acceptors (Lipinski definition) is 5. The van der Waals surface area contributed by atoms with Gasteiger partial charge in [-0.1, -0.05) is 17.3 Å². The fourth-order valence-corrected chi connectivity index (χ4v) is 3.09. The van der Waals surface area contributed by atoms with Crippen molar-refractivity contribution in [3.63, 3.8) is 0 Å². The van der Waals surface area contributed by atoms with Crippen LogP contribution in [0.5, 0.6) is 0 Å². The Kier molecular flexibility index (Phi) is 5.32. The molecule has 134 valence electrons. The molecule has 1 aromatic heterocycles. The van der Waals surface area contributed by atoms with Crippen LogP contribution in [-0.2, 0) is 22.6 Å². The third-order valence-corrected chi connectivity index (χ3v) is 4.43. The SMILES string of the molecule is Cc1cc(CC(=O)N2CCC[C@H]2C(=O)NCc2ccc(C#N)cc2)on1. The van der Waals surface area contributed by atoms with Crippen molar-refractivity contribution in [2.24, 2.45) is 0 Å². The van der Waals surface area contributed by atoms with Crippen molar-refractivity contribution in [3.05, 3.63) is 52.9 Å². The molecule has 1 aromatic carbocycles. The van der Waals surface area contributed by atoms with E-state index in [1.807, 2.05) is 12.1 Å². The van der Waals surface area contributed by atoms with E-state index in [1.165, 1.54) is 0 Å². The molecule has 1 aliphatic heterocycles. The van der Waals surface area contributed by atoms with Gasteiger partial charge in [0.05, 0.1) is 23.7 Å². The zero-order valence-electron chi connectivity index (χ0n) is 14.6.